The van der Waals surface area contributed by atoms with Gasteiger partial charge in [-0.3, -0.25) is 0 Å². The van der Waals surface area contributed by atoms with Crippen LogP contribution < -0.4 is 11.1 Å². The van der Waals surface area contributed by atoms with Crippen LogP contribution in [-0.2, 0) is 9.47 Å². The van der Waals surface area contributed by atoms with E-state index in [-0.39, 0.29) is 0 Å². The molecule has 1 fully saturated rings. The van der Waals surface area contributed by atoms with Gasteiger partial charge in [0.15, 0.2) is 5.79 Å². The number of ether oxygens (including phenoxy) is 2. The van der Waals surface area contributed by atoms with Crippen LogP contribution in [0.3, 0.4) is 0 Å². The molecule has 4 nitrogen and oxygen atoms in total. The minimum Gasteiger partial charge on any atom is -0.349 e. The molecule has 3 N–H and O–H groups in total. The van der Waals surface area contributed by atoms with Gasteiger partial charge in [0.1, 0.15) is 0 Å². The zero-order valence-corrected chi connectivity index (χ0v) is 8.51. The predicted molar refractivity (Wildman–Crippen MR) is 51.4 cm³/mol. The van der Waals surface area contributed by atoms with Gasteiger partial charge >= 0.3 is 0 Å². The van der Waals surface area contributed by atoms with Crippen LogP contribution in [0, 0.1) is 0 Å². The van der Waals surface area contributed by atoms with Crippen molar-refractivity contribution in [3.05, 3.63) is 0 Å². The highest BCUT2D eigenvalue weighted by Crippen LogP contribution is 2.16. The fraction of sp³-hybridized carbons (Fsp3) is 1.00. The lowest BCUT2D eigenvalue weighted by molar-refractivity contribution is -0.252. The molecule has 1 aliphatic rings. The molecular formula is C9H20N2O2. The van der Waals surface area contributed by atoms with E-state index in [1.165, 1.54) is 0 Å². The summed E-state index contributed by atoms with van der Waals surface area (Å²) in [6.45, 7) is 6.97. The molecule has 0 bridgehead atoms. The number of hydrogen-bond acceptors (Lipinski definition) is 4. The third kappa shape index (κ3) is 4.04. The molecule has 0 spiro atoms. The number of nitrogens with one attached hydrogen (secondary N) is 1. The summed E-state index contributed by atoms with van der Waals surface area (Å²) in [5, 5.41) is 3.33. The Balaban J connectivity index is 2.11. The van der Waals surface area contributed by atoms with E-state index in [2.05, 4.69) is 5.32 Å². The third-order valence-corrected chi connectivity index (χ3v) is 2.08. The van der Waals surface area contributed by atoms with Crippen molar-refractivity contribution < 1.29 is 9.47 Å². The van der Waals surface area contributed by atoms with Crippen LogP contribution in [0.5, 0.6) is 0 Å². The first-order valence-electron chi connectivity index (χ1n) is 4.85. The van der Waals surface area contributed by atoms with E-state index < -0.39 is 5.79 Å². The van der Waals surface area contributed by atoms with Crippen LogP contribution in [-0.4, -0.2) is 38.1 Å². The summed E-state index contributed by atoms with van der Waals surface area (Å²) in [6.07, 6.45) is 1.000. The SMILES string of the molecule is CC1(C)OCC(NCCCN)CO1. The van der Waals surface area contributed by atoms with Gasteiger partial charge in [0.2, 0.25) is 0 Å². The first-order chi connectivity index (χ1) is 6.14. The molecule has 0 aromatic rings. The fourth-order valence-electron chi connectivity index (χ4n) is 1.22. The Labute approximate surface area is 79.8 Å². The lowest BCUT2D eigenvalue weighted by atomic mass is 10.2. The van der Waals surface area contributed by atoms with Gasteiger partial charge in [-0.25, -0.2) is 0 Å². The highest BCUT2D eigenvalue weighted by molar-refractivity contribution is 4.72. The number of rotatable bonds is 4. The van der Waals surface area contributed by atoms with Gasteiger partial charge in [-0.15, -0.1) is 0 Å². The topological polar surface area (TPSA) is 56.5 Å². The van der Waals surface area contributed by atoms with Crippen molar-refractivity contribution in [2.45, 2.75) is 32.1 Å². The maximum Gasteiger partial charge on any atom is 0.162 e. The third-order valence-electron chi connectivity index (χ3n) is 2.08. The molecule has 1 saturated heterocycles. The van der Waals surface area contributed by atoms with Crippen molar-refractivity contribution in [1.29, 1.82) is 0 Å². The zero-order valence-electron chi connectivity index (χ0n) is 8.51. The Bertz CT molecular complexity index is 141. The molecule has 0 saturated carbocycles. The summed E-state index contributed by atoms with van der Waals surface area (Å²) in [7, 11) is 0. The molecule has 13 heavy (non-hydrogen) atoms. The van der Waals surface area contributed by atoms with Crippen LogP contribution in [0.25, 0.3) is 0 Å². The molecule has 0 amide bonds. The van der Waals surface area contributed by atoms with E-state index in [0.29, 0.717) is 6.04 Å². The van der Waals surface area contributed by atoms with Crippen molar-refractivity contribution in [3.63, 3.8) is 0 Å². The molecule has 0 aromatic heterocycles. The average molecular weight is 188 g/mol. The largest absolute Gasteiger partial charge is 0.349 e. The monoisotopic (exact) mass is 188 g/mol. The average Bonchev–Trinajstić information content (AvgIpc) is 2.08. The second-order valence-corrected chi connectivity index (χ2v) is 3.82. The Morgan fingerprint density at radius 1 is 1.38 bits per heavy atom. The molecule has 0 aliphatic carbocycles. The minimum absolute atomic E-state index is 0.319. The summed E-state index contributed by atoms with van der Waals surface area (Å²) in [5.41, 5.74) is 5.38. The maximum absolute atomic E-state index is 5.49. The first kappa shape index (κ1) is 10.9. The van der Waals surface area contributed by atoms with Crippen LogP contribution in [0.2, 0.25) is 0 Å². The van der Waals surface area contributed by atoms with Gasteiger partial charge in [-0.1, -0.05) is 0 Å². The van der Waals surface area contributed by atoms with Gasteiger partial charge in [0, 0.05) is 0 Å². The van der Waals surface area contributed by atoms with Crippen molar-refractivity contribution in [3.8, 4) is 0 Å². The highest BCUT2D eigenvalue weighted by atomic mass is 16.7. The molecule has 4 heteroatoms. The van der Waals surface area contributed by atoms with Crippen molar-refractivity contribution >= 4 is 0 Å². The van der Waals surface area contributed by atoms with Crippen LogP contribution in [0.1, 0.15) is 20.3 Å². The predicted octanol–water partition coefficient (Wildman–Crippen LogP) is 0.0763. The van der Waals surface area contributed by atoms with Crippen molar-refractivity contribution in [1.82, 2.24) is 5.32 Å². The standard InChI is InChI=1S/C9H20N2O2/c1-9(2)12-6-8(7-13-9)11-5-3-4-10/h8,11H,3-7,10H2,1-2H3. The van der Waals surface area contributed by atoms with Crippen molar-refractivity contribution in [2.75, 3.05) is 26.3 Å². The first-order valence-corrected chi connectivity index (χ1v) is 4.85. The van der Waals surface area contributed by atoms with E-state index in [0.717, 1.165) is 32.7 Å². The second kappa shape index (κ2) is 4.91. The smallest absolute Gasteiger partial charge is 0.162 e. The lowest BCUT2D eigenvalue weighted by Crippen LogP contribution is -2.48. The van der Waals surface area contributed by atoms with Crippen LogP contribution in [0.15, 0.2) is 0 Å². The summed E-state index contributed by atoms with van der Waals surface area (Å²) in [4.78, 5) is 0. The van der Waals surface area contributed by atoms with Gasteiger partial charge in [0.05, 0.1) is 19.3 Å². The normalized spacial score (nSPS) is 23.3. The molecule has 0 unspecified atom stereocenters. The van der Waals surface area contributed by atoms with E-state index >= 15 is 0 Å². The zero-order chi connectivity index (χ0) is 9.73. The van der Waals surface area contributed by atoms with Crippen LogP contribution in [0.4, 0.5) is 0 Å². The summed E-state index contributed by atoms with van der Waals surface area (Å²) < 4.78 is 11.0. The summed E-state index contributed by atoms with van der Waals surface area (Å²) >= 11 is 0. The Kier molecular flexibility index (Phi) is 4.12. The van der Waals surface area contributed by atoms with E-state index in [9.17, 15) is 0 Å². The summed E-state index contributed by atoms with van der Waals surface area (Å²) in [5.74, 6) is -0.411. The highest BCUT2D eigenvalue weighted by Gasteiger charge is 2.27. The van der Waals surface area contributed by atoms with Crippen LogP contribution >= 0.6 is 0 Å². The molecule has 0 atom stereocenters. The molecule has 1 aliphatic heterocycles. The summed E-state index contributed by atoms with van der Waals surface area (Å²) in [6, 6.07) is 0.319. The van der Waals surface area contributed by atoms with Gasteiger partial charge in [-0.05, 0) is 33.4 Å². The molecule has 1 rings (SSSR count). The molecule has 1 heterocycles. The van der Waals surface area contributed by atoms with Crippen molar-refractivity contribution in [2.24, 2.45) is 5.73 Å². The van der Waals surface area contributed by atoms with E-state index in [1.54, 1.807) is 0 Å². The molecule has 0 radical (unpaired) electrons. The van der Waals surface area contributed by atoms with Gasteiger partial charge < -0.3 is 20.5 Å². The maximum atomic E-state index is 5.49. The van der Waals surface area contributed by atoms with Gasteiger partial charge in [-0.2, -0.15) is 0 Å². The fourth-order valence-corrected chi connectivity index (χ4v) is 1.22. The quantitative estimate of drug-likeness (QED) is 0.613. The van der Waals surface area contributed by atoms with Gasteiger partial charge in [0.25, 0.3) is 0 Å². The Hall–Kier alpha value is -0.160. The lowest BCUT2D eigenvalue weighted by Gasteiger charge is -2.35. The van der Waals surface area contributed by atoms with E-state index in [1.807, 2.05) is 13.8 Å². The minimum atomic E-state index is -0.411. The Morgan fingerprint density at radius 2 is 2.00 bits per heavy atom. The van der Waals surface area contributed by atoms with E-state index in [4.69, 9.17) is 15.2 Å². The molecule has 78 valence electrons. The Morgan fingerprint density at radius 3 is 2.54 bits per heavy atom. The number of hydrogen-bond donors (Lipinski definition) is 2. The molecular weight excluding hydrogens is 168 g/mol. The molecule has 0 aromatic carbocycles. The number of nitrogens with two attached hydrogens (primary N) is 1. The second-order valence-electron chi connectivity index (χ2n) is 3.82.